The van der Waals surface area contributed by atoms with E-state index in [0.717, 1.165) is 51.4 Å². The van der Waals surface area contributed by atoms with Gasteiger partial charge in [0.25, 0.3) is 0 Å². The van der Waals surface area contributed by atoms with Crippen LogP contribution in [0.3, 0.4) is 0 Å². The van der Waals surface area contributed by atoms with Gasteiger partial charge in [0.1, 0.15) is 12.4 Å². The third kappa shape index (κ3) is 3.89. The molecular formula is C17H26N2O2. The summed E-state index contributed by atoms with van der Waals surface area (Å²) in [4.78, 5) is 2.46. The lowest BCUT2D eigenvalue weighted by molar-refractivity contribution is 0.0677. The van der Waals surface area contributed by atoms with Crippen molar-refractivity contribution >= 4 is 5.69 Å². The number of rotatable bonds is 4. The van der Waals surface area contributed by atoms with Crippen molar-refractivity contribution in [1.82, 2.24) is 5.32 Å². The van der Waals surface area contributed by atoms with Crippen molar-refractivity contribution in [2.75, 3.05) is 44.3 Å². The summed E-state index contributed by atoms with van der Waals surface area (Å²) >= 11 is 0. The van der Waals surface area contributed by atoms with Crippen LogP contribution in [0.2, 0.25) is 0 Å². The Labute approximate surface area is 127 Å². The van der Waals surface area contributed by atoms with Crippen molar-refractivity contribution in [3.63, 3.8) is 0 Å². The Morgan fingerprint density at radius 2 is 2.24 bits per heavy atom. The monoisotopic (exact) mass is 290 g/mol. The van der Waals surface area contributed by atoms with Gasteiger partial charge in [-0.15, -0.1) is 0 Å². The molecule has 0 amide bonds. The fourth-order valence-electron chi connectivity index (χ4n) is 3.05. The van der Waals surface area contributed by atoms with Crippen LogP contribution in [0.15, 0.2) is 18.2 Å². The van der Waals surface area contributed by atoms with Gasteiger partial charge < -0.3 is 19.7 Å². The summed E-state index contributed by atoms with van der Waals surface area (Å²) in [5, 5.41) is 3.44. The van der Waals surface area contributed by atoms with Gasteiger partial charge in [0.05, 0.1) is 6.10 Å². The van der Waals surface area contributed by atoms with Crippen molar-refractivity contribution in [1.29, 1.82) is 0 Å². The number of benzene rings is 1. The SMILES string of the molecule is Cc1cc(N2CCCNCC2)ccc1OCC1CCCO1. The second-order valence-electron chi connectivity index (χ2n) is 5.99. The zero-order valence-corrected chi connectivity index (χ0v) is 12.9. The van der Waals surface area contributed by atoms with E-state index in [1.54, 1.807) is 0 Å². The molecular weight excluding hydrogens is 264 g/mol. The molecule has 116 valence electrons. The Kier molecular flexibility index (Phi) is 4.99. The molecule has 4 heteroatoms. The first-order chi connectivity index (χ1) is 10.3. The molecule has 0 saturated carbocycles. The minimum Gasteiger partial charge on any atom is -0.491 e. The summed E-state index contributed by atoms with van der Waals surface area (Å²) in [6, 6.07) is 6.54. The highest BCUT2D eigenvalue weighted by atomic mass is 16.5. The van der Waals surface area contributed by atoms with Gasteiger partial charge >= 0.3 is 0 Å². The van der Waals surface area contributed by atoms with Crippen molar-refractivity contribution in [3.05, 3.63) is 23.8 Å². The Balaban J connectivity index is 1.61. The summed E-state index contributed by atoms with van der Waals surface area (Å²) in [6.07, 6.45) is 3.77. The predicted molar refractivity (Wildman–Crippen MR) is 85.3 cm³/mol. The minimum atomic E-state index is 0.278. The smallest absolute Gasteiger partial charge is 0.122 e. The van der Waals surface area contributed by atoms with Crippen LogP contribution in [0.25, 0.3) is 0 Å². The molecule has 2 aliphatic rings. The van der Waals surface area contributed by atoms with Crippen LogP contribution in [0, 0.1) is 6.92 Å². The maximum atomic E-state index is 5.93. The number of nitrogens with one attached hydrogen (secondary N) is 1. The number of ether oxygens (including phenoxy) is 2. The molecule has 0 aliphatic carbocycles. The highest BCUT2D eigenvalue weighted by Crippen LogP contribution is 2.25. The lowest BCUT2D eigenvalue weighted by Gasteiger charge is -2.23. The van der Waals surface area contributed by atoms with Gasteiger partial charge in [-0.3, -0.25) is 0 Å². The Morgan fingerprint density at radius 3 is 3.05 bits per heavy atom. The fraction of sp³-hybridized carbons (Fsp3) is 0.647. The van der Waals surface area contributed by atoms with Gasteiger partial charge in [-0.25, -0.2) is 0 Å². The average molecular weight is 290 g/mol. The molecule has 0 radical (unpaired) electrons. The van der Waals surface area contributed by atoms with Crippen LogP contribution in [-0.4, -0.2) is 45.5 Å². The highest BCUT2D eigenvalue weighted by molar-refractivity contribution is 5.53. The van der Waals surface area contributed by atoms with Crippen LogP contribution in [0.1, 0.15) is 24.8 Å². The normalized spacial score (nSPS) is 23.1. The summed E-state index contributed by atoms with van der Waals surface area (Å²) in [5.74, 6) is 0.988. The van der Waals surface area contributed by atoms with E-state index in [9.17, 15) is 0 Å². The fourth-order valence-corrected chi connectivity index (χ4v) is 3.05. The maximum Gasteiger partial charge on any atom is 0.122 e. The van der Waals surface area contributed by atoms with E-state index in [-0.39, 0.29) is 6.10 Å². The summed E-state index contributed by atoms with van der Waals surface area (Å²) < 4.78 is 11.5. The molecule has 1 unspecified atom stereocenters. The zero-order chi connectivity index (χ0) is 14.5. The van der Waals surface area contributed by atoms with Crippen LogP contribution in [-0.2, 0) is 4.74 Å². The van der Waals surface area contributed by atoms with Gasteiger partial charge in [0, 0.05) is 31.9 Å². The molecule has 21 heavy (non-hydrogen) atoms. The zero-order valence-electron chi connectivity index (χ0n) is 12.9. The van der Waals surface area contributed by atoms with Crippen LogP contribution in [0.4, 0.5) is 5.69 Å². The Bertz CT molecular complexity index is 450. The number of hydrogen-bond acceptors (Lipinski definition) is 4. The molecule has 0 spiro atoms. The van der Waals surface area contributed by atoms with Gasteiger partial charge in [0.2, 0.25) is 0 Å². The molecule has 0 bridgehead atoms. The number of hydrogen-bond donors (Lipinski definition) is 1. The maximum absolute atomic E-state index is 5.93. The number of aryl methyl sites for hydroxylation is 1. The molecule has 2 saturated heterocycles. The van der Waals surface area contributed by atoms with Crippen molar-refractivity contribution < 1.29 is 9.47 Å². The summed E-state index contributed by atoms with van der Waals surface area (Å²) in [5.41, 5.74) is 2.52. The molecule has 2 heterocycles. The van der Waals surface area contributed by atoms with Crippen molar-refractivity contribution in [2.24, 2.45) is 0 Å². The first kappa shape index (κ1) is 14.7. The van der Waals surface area contributed by atoms with E-state index in [1.807, 2.05) is 0 Å². The molecule has 4 nitrogen and oxygen atoms in total. The molecule has 1 aromatic carbocycles. The lowest BCUT2D eigenvalue weighted by atomic mass is 10.1. The first-order valence-corrected chi connectivity index (χ1v) is 8.13. The van der Waals surface area contributed by atoms with Crippen molar-refractivity contribution in [3.8, 4) is 5.75 Å². The van der Waals surface area contributed by atoms with E-state index < -0.39 is 0 Å². The molecule has 2 fully saturated rings. The molecule has 2 aliphatic heterocycles. The second-order valence-corrected chi connectivity index (χ2v) is 5.99. The molecule has 3 rings (SSSR count). The molecule has 1 atom stereocenters. The van der Waals surface area contributed by atoms with Gasteiger partial charge in [-0.05, 0) is 56.5 Å². The summed E-state index contributed by atoms with van der Waals surface area (Å²) in [7, 11) is 0. The van der Waals surface area contributed by atoms with Gasteiger partial charge in [-0.2, -0.15) is 0 Å². The largest absolute Gasteiger partial charge is 0.491 e. The van der Waals surface area contributed by atoms with Gasteiger partial charge in [0.15, 0.2) is 0 Å². The van der Waals surface area contributed by atoms with Gasteiger partial charge in [-0.1, -0.05) is 0 Å². The predicted octanol–water partition coefficient (Wildman–Crippen LogP) is 2.35. The first-order valence-electron chi connectivity index (χ1n) is 8.13. The lowest BCUT2D eigenvalue weighted by Crippen LogP contribution is -2.27. The second kappa shape index (κ2) is 7.14. The number of nitrogens with zero attached hydrogens (tertiary/aromatic N) is 1. The third-order valence-electron chi connectivity index (χ3n) is 4.31. The molecule has 1 N–H and O–H groups in total. The standard InChI is InChI=1S/C17H26N2O2/c1-14-12-15(19-9-3-7-18-8-10-19)5-6-17(14)21-13-16-4-2-11-20-16/h5-6,12,16,18H,2-4,7-11,13H2,1H3. The van der Waals surface area contributed by atoms with E-state index >= 15 is 0 Å². The molecule has 1 aromatic rings. The Hall–Kier alpha value is -1.26. The van der Waals surface area contributed by atoms with Crippen LogP contribution >= 0.6 is 0 Å². The third-order valence-corrected chi connectivity index (χ3v) is 4.31. The van der Waals surface area contributed by atoms with E-state index in [2.05, 4.69) is 35.3 Å². The molecule has 0 aromatic heterocycles. The number of anilines is 1. The highest BCUT2D eigenvalue weighted by Gasteiger charge is 2.17. The van der Waals surface area contributed by atoms with Crippen LogP contribution in [0.5, 0.6) is 5.75 Å². The minimum absolute atomic E-state index is 0.278. The van der Waals surface area contributed by atoms with E-state index in [4.69, 9.17) is 9.47 Å². The van der Waals surface area contributed by atoms with Crippen LogP contribution < -0.4 is 15.0 Å². The quantitative estimate of drug-likeness (QED) is 0.923. The van der Waals surface area contributed by atoms with E-state index in [0.29, 0.717) is 6.61 Å². The van der Waals surface area contributed by atoms with E-state index in [1.165, 1.54) is 17.7 Å². The average Bonchev–Trinajstić information content (AvgIpc) is 2.86. The Morgan fingerprint density at radius 1 is 1.29 bits per heavy atom. The topological polar surface area (TPSA) is 33.7 Å². The summed E-state index contributed by atoms with van der Waals surface area (Å²) in [6.45, 7) is 8.08. The van der Waals surface area contributed by atoms with Crippen molar-refractivity contribution in [2.45, 2.75) is 32.3 Å².